The monoisotopic (exact) mass is 260 g/mol. The van der Waals surface area contributed by atoms with Crippen LogP contribution in [0.4, 0.5) is 5.69 Å². The van der Waals surface area contributed by atoms with E-state index in [0.717, 1.165) is 25.7 Å². The minimum Gasteiger partial charge on any atom is -0.495 e. The first-order valence-corrected chi connectivity index (χ1v) is 6.59. The Morgan fingerprint density at radius 3 is 2.79 bits per heavy atom. The number of hydrogen-bond donors (Lipinski definition) is 1. The third-order valence-electron chi connectivity index (χ3n) is 2.86. The molecule has 4 heteroatoms. The Hall–Kier alpha value is -2.02. The Morgan fingerprint density at radius 2 is 2.16 bits per heavy atom. The van der Waals surface area contributed by atoms with Gasteiger partial charge in [-0.2, -0.15) is 5.26 Å². The minimum atomic E-state index is -0.0147. The number of nitrogens with zero attached hydrogens (tertiary/aromatic N) is 1. The van der Waals surface area contributed by atoms with E-state index in [2.05, 4.69) is 12.2 Å². The van der Waals surface area contributed by atoms with Crippen molar-refractivity contribution in [2.24, 2.45) is 0 Å². The van der Waals surface area contributed by atoms with Gasteiger partial charge in [0, 0.05) is 12.5 Å². The van der Waals surface area contributed by atoms with Gasteiger partial charge < -0.3 is 10.1 Å². The molecule has 0 bridgehead atoms. The standard InChI is InChI=1S/C15H20N2O2/c1-3-4-5-6-7-15(18)17-13-9-8-12(11-16)10-14(13)19-2/h8-10H,3-7H2,1-2H3,(H,17,18). The van der Waals surface area contributed by atoms with E-state index < -0.39 is 0 Å². The molecule has 0 aliphatic rings. The summed E-state index contributed by atoms with van der Waals surface area (Å²) in [5, 5.41) is 11.6. The maximum atomic E-state index is 11.8. The SMILES string of the molecule is CCCCCCC(=O)Nc1ccc(C#N)cc1OC. The molecule has 0 saturated carbocycles. The predicted octanol–water partition coefficient (Wildman–Crippen LogP) is 3.48. The average Bonchev–Trinajstić information content (AvgIpc) is 2.44. The lowest BCUT2D eigenvalue weighted by atomic mass is 10.1. The summed E-state index contributed by atoms with van der Waals surface area (Å²) in [6, 6.07) is 7.01. The highest BCUT2D eigenvalue weighted by atomic mass is 16.5. The summed E-state index contributed by atoms with van der Waals surface area (Å²) in [6.45, 7) is 2.14. The first-order valence-electron chi connectivity index (χ1n) is 6.59. The van der Waals surface area contributed by atoms with Crippen molar-refractivity contribution >= 4 is 11.6 Å². The van der Waals surface area contributed by atoms with Crippen molar-refractivity contribution in [1.29, 1.82) is 5.26 Å². The van der Waals surface area contributed by atoms with E-state index >= 15 is 0 Å². The molecular weight excluding hydrogens is 240 g/mol. The van der Waals surface area contributed by atoms with Gasteiger partial charge in [0.25, 0.3) is 0 Å². The second-order valence-corrected chi connectivity index (χ2v) is 4.39. The molecule has 1 aromatic rings. The summed E-state index contributed by atoms with van der Waals surface area (Å²) < 4.78 is 5.17. The van der Waals surface area contributed by atoms with E-state index in [1.54, 1.807) is 18.2 Å². The Balaban J connectivity index is 2.56. The van der Waals surface area contributed by atoms with E-state index in [9.17, 15) is 4.79 Å². The molecule has 0 saturated heterocycles. The fourth-order valence-corrected chi connectivity index (χ4v) is 1.79. The molecule has 1 aromatic carbocycles. The van der Waals surface area contributed by atoms with Gasteiger partial charge in [0.1, 0.15) is 5.75 Å². The van der Waals surface area contributed by atoms with Crippen molar-refractivity contribution in [3.8, 4) is 11.8 Å². The summed E-state index contributed by atoms with van der Waals surface area (Å²) >= 11 is 0. The maximum Gasteiger partial charge on any atom is 0.224 e. The molecule has 0 heterocycles. The van der Waals surface area contributed by atoms with Crippen molar-refractivity contribution in [3.05, 3.63) is 23.8 Å². The van der Waals surface area contributed by atoms with E-state index in [0.29, 0.717) is 23.4 Å². The number of anilines is 1. The van der Waals surface area contributed by atoms with Gasteiger partial charge in [0.15, 0.2) is 0 Å². The van der Waals surface area contributed by atoms with Crippen LogP contribution in [0.3, 0.4) is 0 Å². The molecule has 4 nitrogen and oxygen atoms in total. The molecule has 1 N–H and O–H groups in total. The smallest absolute Gasteiger partial charge is 0.224 e. The molecule has 0 fully saturated rings. The number of rotatable bonds is 7. The number of hydrogen-bond acceptors (Lipinski definition) is 3. The number of methoxy groups -OCH3 is 1. The molecule has 0 unspecified atom stereocenters. The summed E-state index contributed by atoms with van der Waals surface area (Å²) in [4.78, 5) is 11.8. The van der Waals surface area contributed by atoms with Crippen molar-refractivity contribution in [2.75, 3.05) is 12.4 Å². The van der Waals surface area contributed by atoms with Crippen LogP contribution in [0.25, 0.3) is 0 Å². The zero-order chi connectivity index (χ0) is 14.1. The molecule has 19 heavy (non-hydrogen) atoms. The minimum absolute atomic E-state index is 0.0147. The number of nitriles is 1. The Morgan fingerprint density at radius 1 is 1.37 bits per heavy atom. The number of carbonyl (C=O) groups is 1. The molecule has 1 rings (SSSR count). The van der Waals surface area contributed by atoms with Crippen LogP contribution in [-0.2, 0) is 4.79 Å². The van der Waals surface area contributed by atoms with E-state index in [1.807, 2.05) is 6.07 Å². The zero-order valence-corrected chi connectivity index (χ0v) is 11.5. The van der Waals surface area contributed by atoms with Gasteiger partial charge in [-0.3, -0.25) is 4.79 Å². The van der Waals surface area contributed by atoms with Gasteiger partial charge in [0.05, 0.1) is 24.4 Å². The highest BCUT2D eigenvalue weighted by Gasteiger charge is 2.08. The molecule has 0 aliphatic carbocycles. The molecule has 102 valence electrons. The first-order chi connectivity index (χ1) is 9.21. The van der Waals surface area contributed by atoms with Crippen molar-refractivity contribution < 1.29 is 9.53 Å². The van der Waals surface area contributed by atoms with Crippen molar-refractivity contribution in [2.45, 2.75) is 39.0 Å². The molecule has 0 spiro atoms. The van der Waals surface area contributed by atoms with E-state index in [1.165, 1.54) is 7.11 Å². The number of unbranched alkanes of at least 4 members (excludes halogenated alkanes) is 3. The molecule has 0 atom stereocenters. The lowest BCUT2D eigenvalue weighted by molar-refractivity contribution is -0.116. The van der Waals surface area contributed by atoms with Crippen LogP contribution in [0.1, 0.15) is 44.6 Å². The summed E-state index contributed by atoms with van der Waals surface area (Å²) in [6.07, 6.45) is 4.81. The zero-order valence-electron chi connectivity index (χ0n) is 11.5. The number of ether oxygens (including phenoxy) is 1. The topological polar surface area (TPSA) is 62.1 Å². The van der Waals surface area contributed by atoms with Gasteiger partial charge in [-0.25, -0.2) is 0 Å². The number of benzene rings is 1. The van der Waals surface area contributed by atoms with Crippen molar-refractivity contribution in [1.82, 2.24) is 0 Å². The number of nitrogens with one attached hydrogen (secondary N) is 1. The van der Waals surface area contributed by atoms with Gasteiger partial charge in [0.2, 0.25) is 5.91 Å². The van der Waals surface area contributed by atoms with Crippen LogP contribution in [0.2, 0.25) is 0 Å². The highest BCUT2D eigenvalue weighted by Crippen LogP contribution is 2.25. The quantitative estimate of drug-likeness (QED) is 0.763. The third-order valence-corrected chi connectivity index (χ3v) is 2.86. The Bertz CT molecular complexity index is 464. The summed E-state index contributed by atoms with van der Waals surface area (Å²) in [5.74, 6) is 0.500. The summed E-state index contributed by atoms with van der Waals surface area (Å²) in [5.41, 5.74) is 1.12. The van der Waals surface area contributed by atoms with Crippen LogP contribution >= 0.6 is 0 Å². The van der Waals surface area contributed by atoms with Gasteiger partial charge in [-0.05, 0) is 18.6 Å². The number of amides is 1. The van der Waals surface area contributed by atoms with Crippen LogP contribution in [0.15, 0.2) is 18.2 Å². The molecule has 0 radical (unpaired) electrons. The van der Waals surface area contributed by atoms with Gasteiger partial charge in [-0.1, -0.05) is 26.2 Å². The van der Waals surface area contributed by atoms with Crippen LogP contribution < -0.4 is 10.1 Å². The maximum absolute atomic E-state index is 11.8. The van der Waals surface area contributed by atoms with E-state index in [4.69, 9.17) is 10.00 Å². The normalized spacial score (nSPS) is 9.74. The Kier molecular flexibility index (Phi) is 6.45. The highest BCUT2D eigenvalue weighted by molar-refractivity contribution is 5.92. The first kappa shape index (κ1) is 15.0. The second-order valence-electron chi connectivity index (χ2n) is 4.39. The third kappa shape index (κ3) is 5.01. The second kappa shape index (κ2) is 8.15. The number of carbonyl (C=O) groups excluding carboxylic acids is 1. The molecule has 0 aliphatic heterocycles. The van der Waals surface area contributed by atoms with Crippen LogP contribution in [0.5, 0.6) is 5.75 Å². The molecular formula is C15H20N2O2. The summed E-state index contributed by atoms with van der Waals surface area (Å²) in [7, 11) is 1.52. The lowest BCUT2D eigenvalue weighted by Gasteiger charge is -2.10. The molecule has 0 aromatic heterocycles. The largest absolute Gasteiger partial charge is 0.495 e. The van der Waals surface area contributed by atoms with Crippen LogP contribution in [-0.4, -0.2) is 13.0 Å². The fraction of sp³-hybridized carbons (Fsp3) is 0.467. The van der Waals surface area contributed by atoms with Gasteiger partial charge in [-0.15, -0.1) is 0 Å². The Labute approximate surface area is 114 Å². The molecule has 1 amide bonds. The van der Waals surface area contributed by atoms with Crippen LogP contribution in [0, 0.1) is 11.3 Å². The average molecular weight is 260 g/mol. The lowest BCUT2D eigenvalue weighted by Crippen LogP contribution is -2.12. The van der Waals surface area contributed by atoms with Crippen molar-refractivity contribution in [3.63, 3.8) is 0 Å². The predicted molar refractivity (Wildman–Crippen MR) is 75.1 cm³/mol. The van der Waals surface area contributed by atoms with Gasteiger partial charge >= 0.3 is 0 Å². The van der Waals surface area contributed by atoms with E-state index in [-0.39, 0.29) is 5.91 Å². The fourth-order valence-electron chi connectivity index (χ4n) is 1.79.